The zero-order valence-corrected chi connectivity index (χ0v) is 13.6. The van der Waals surface area contributed by atoms with Crippen LogP contribution in [0.3, 0.4) is 0 Å². The topological polar surface area (TPSA) is 54.2 Å². The molecule has 1 fully saturated rings. The highest BCUT2D eigenvalue weighted by Crippen LogP contribution is 2.23. The van der Waals surface area contributed by atoms with Gasteiger partial charge in [-0.05, 0) is 31.9 Å². The van der Waals surface area contributed by atoms with Crippen molar-refractivity contribution in [2.75, 3.05) is 19.6 Å². The summed E-state index contributed by atoms with van der Waals surface area (Å²) in [5, 5.41) is 18.7. The summed E-state index contributed by atoms with van der Waals surface area (Å²) in [6, 6.07) is 10.4. The lowest BCUT2D eigenvalue weighted by Crippen LogP contribution is -2.50. The van der Waals surface area contributed by atoms with E-state index in [2.05, 4.69) is 52.5 Å². The standard InChI is InChI=1S/C18H24N4O/c1-16(12-17-6-3-2-4-7-17)13-21-10-5-8-18(23,14-21)15-22-11-9-19-20-22/h2-4,6-7,9,11-12,23H,5,8,10,13-15H2,1H3/b16-12+. The van der Waals surface area contributed by atoms with E-state index in [1.165, 1.54) is 11.1 Å². The molecule has 122 valence electrons. The van der Waals surface area contributed by atoms with E-state index in [1.807, 2.05) is 6.07 Å². The first kappa shape index (κ1) is 15.9. The van der Waals surface area contributed by atoms with Crippen molar-refractivity contribution in [3.63, 3.8) is 0 Å². The maximum atomic E-state index is 10.9. The highest BCUT2D eigenvalue weighted by atomic mass is 16.3. The van der Waals surface area contributed by atoms with Crippen molar-refractivity contribution in [1.29, 1.82) is 0 Å². The number of β-amino-alcohol motifs (C(OH)–C–C–N with tert-alkyl or cyclic N) is 1. The van der Waals surface area contributed by atoms with Crippen LogP contribution in [0, 0.1) is 0 Å². The van der Waals surface area contributed by atoms with Crippen molar-refractivity contribution in [3.8, 4) is 0 Å². The lowest BCUT2D eigenvalue weighted by molar-refractivity contribution is -0.0430. The minimum Gasteiger partial charge on any atom is -0.387 e. The number of nitrogens with zero attached hydrogens (tertiary/aromatic N) is 4. The van der Waals surface area contributed by atoms with Crippen molar-refractivity contribution in [1.82, 2.24) is 19.9 Å². The van der Waals surface area contributed by atoms with Crippen LogP contribution in [-0.4, -0.2) is 50.2 Å². The Labute approximate surface area is 137 Å². The molecule has 5 heteroatoms. The third-order valence-electron chi connectivity index (χ3n) is 4.25. The van der Waals surface area contributed by atoms with E-state index in [0.29, 0.717) is 13.1 Å². The number of aliphatic hydroxyl groups is 1. The molecular weight excluding hydrogens is 288 g/mol. The van der Waals surface area contributed by atoms with Crippen LogP contribution in [0.4, 0.5) is 0 Å². The molecular formula is C18H24N4O. The highest BCUT2D eigenvalue weighted by Gasteiger charge is 2.33. The molecule has 0 aliphatic carbocycles. The van der Waals surface area contributed by atoms with Gasteiger partial charge in [0.05, 0.1) is 18.3 Å². The molecule has 1 N–H and O–H groups in total. The van der Waals surface area contributed by atoms with E-state index in [-0.39, 0.29) is 0 Å². The molecule has 1 aliphatic rings. The Bertz CT molecular complexity index is 638. The van der Waals surface area contributed by atoms with E-state index < -0.39 is 5.60 Å². The van der Waals surface area contributed by atoms with Gasteiger partial charge in [-0.15, -0.1) is 5.10 Å². The summed E-state index contributed by atoms with van der Waals surface area (Å²) in [5.41, 5.74) is 1.81. The van der Waals surface area contributed by atoms with Gasteiger partial charge < -0.3 is 5.11 Å². The molecule has 2 aromatic rings. The Morgan fingerprint density at radius 1 is 1.35 bits per heavy atom. The lowest BCUT2D eigenvalue weighted by Gasteiger charge is -2.39. The van der Waals surface area contributed by atoms with Crippen molar-refractivity contribution < 1.29 is 5.11 Å². The average Bonchev–Trinajstić information content (AvgIpc) is 3.00. The molecule has 0 saturated carbocycles. The predicted octanol–water partition coefficient (Wildman–Crippen LogP) is 2.21. The minimum absolute atomic E-state index is 0.505. The van der Waals surface area contributed by atoms with Gasteiger partial charge >= 0.3 is 0 Å². The normalized spacial score (nSPS) is 23.1. The molecule has 1 aromatic heterocycles. The van der Waals surface area contributed by atoms with E-state index in [1.54, 1.807) is 17.1 Å². The van der Waals surface area contributed by atoms with Crippen LogP contribution in [0.5, 0.6) is 0 Å². The number of aromatic nitrogens is 3. The molecule has 0 amide bonds. The van der Waals surface area contributed by atoms with Crippen molar-refractivity contribution >= 4 is 6.08 Å². The summed E-state index contributed by atoms with van der Waals surface area (Å²) < 4.78 is 1.72. The molecule has 0 bridgehead atoms. The first-order valence-electron chi connectivity index (χ1n) is 8.14. The lowest BCUT2D eigenvalue weighted by atomic mass is 9.92. The largest absolute Gasteiger partial charge is 0.387 e. The molecule has 0 spiro atoms. The van der Waals surface area contributed by atoms with E-state index >= 15 is 0 Å². The van der Waals surface area contributed by atoms with Crippen molar-refractivity contribution in [3.05, 3.63) is 53.9 Å². The zero-order valence-electron chi connectivity index (χ0n) is 13.6. The first-order valence-corrected chi connectivity index (χ1v) is 8.14. The quantitative estimate of drug-likeness (QED) is 0.920. The van der Waals surface area contributed by atoms with Crippen LogP contribution in [0.15, 0.2) is 48.3 Å². The zero-order chi connectivity index (χ0) is 16.1. The Kier molecular flexibility index (Phi) is 4.88. The SMILES string of the molecule is C/C(=C\c1ccccc1)CN1CCCC(O)(Cn2ccnn2)C1. The summed E-state index contributed by atoms with van der Waals surface area (Å²) in [5.74, 6) is 0. The molecule has 2 heterocycles. The molecule has 1 unspecified atom stereocenters. The van der Waals surface area contributed by atoms with Crippen molar-refractivity contribution in [2.45, 2.75) is 31.9 Å². The fourth-order valence-corrected chi connectivity index (χ4v) is 3.32. The van der Waals surface area contributed by atoms with Crippen LogP contribution in [-0.2, 0) is 6.54 Å². The third kappa shape index (κ3) is 4.50. The fourth-order valence-electron chi connectivity index (χ4n) is 3.32. The van der Waals surface area contributed by atoms with Crippen molar-refractivity contribution in [2.24, 2.45) is 0 Å². The Hall–Kier alpha value is -1.98. The molecule has 23 heavy (non-hydrogen) atoms. The third-order valence-corrected chi connectivity index (χ3v) is 4.25. The number of hydrogen-bond acceptors (Lipinski definition) is 4. The van der Waals surface area contributed by atoms with Crippen LogP contribution >= 0.6 is 0 Å². The van der Waals surface area contributed by atoms with Gasteiger partial charge in [-0.25, -0.2) is 4.68 Å². The minimum atomic E-state index is -0.723. The fraction of sp³-hybridized carbons (Fsp3) is 0.444. The first-order chi connectivity index (χ1) is 11.1. The number of likely N-dealkylation sites (tertiary alicyclic amines) is 1. The van der Waals surface area contributed by atoms with E-state index in [9.17, 15) is 5.11 Å². The molecule has 1 saturated heterocycles. The summed E-state index contributed by atoms with van der Waals surface area (Å²) in [6.45, 7) is 5.24. The molecule has 1 aliphatic heterocycles. The van der Waals surface area contributed by atoms with Gasteiger partial charge in [0.25, 0.3) is 0 Å². The van der Waals surface area contributed by atoms with Gasteiger partial charge in [0.2, 0.25) is 0 Å². The monoisotopic (exact) mass is 312 g/mol. The van der Waals surface area contributed by atoms with Crippen LogP contribution in [0.1, 0.15) is 25.3 Å². The second-order valence-corrected chi connectivity index (χ2v) is 6.54. The molecule has 1 aromatic carbocycles. The smallest absolute Gasteiger partial charge is 0.0970 e. The second kappa shape index (κ2) is 7.06. The van der Waals surface area contributed by atoms with E-state index in [0.717, 1.165) is 25.9 Å². The molecule has 5 nitrogen and oxygen atoms in total. The van der Waals surface area contributed by atoms with Crippen LogP contribution in [0.25, 0.3) is 6.08 Å². The number of piperidine rings is 1. The summed E-state index contributed by atoms with van der Waals surface area (Å²) in [4.78, 5) is 2.33. The average molecular weight is 312 g/mol. The maximum Gasteiger partial charge on any atom is 0.0970 e. The summed E-state index contributed by atoms with van der Waals surface area (Å²) >= 11 is 0. The van der Waals surface area contributed by atoms with Crippen LogP contribution in [0.2, 0.25) is 0 Å². The van der Waals surface area contributed by atoms with E-state index in [4.69, 9.17) is 0 Å². The second-order valence-electron chi connectivity index (χ2n) is 6.54. The van der Waals surface area contributed by atoms with Crippen LogP contribution < -0.4 is 0 Å². The van der Waals surface area contributed by atoms with Gasteiger partial charge in [-0.1, -0.05) is 47.2 Å². The number of benzene rings is 1. The summed E-state index contributed by atoms with van der Waals surface area (Å²) in [7, 11) is 0. The maximum absolute atomic E-state index is 10.9. The number of rotatable bonds is 5. The Balaban J connectivity index is 1.61. The highest BCUT2D eigenvalue weighted by molar-refractivity contribution is 5.52. The van der Waals surface area contributed by atoms with Gasteiger partial charge in [0.1, 0.15) is 0 Å². The molecule has 0 radical (unpaired) electrons. The summed E-state index contributed by atoms with van der Waals surface area (Å²) in [6.07, 6.45) is 7.48. The van der Waals surface area contributed by atoms with Gasteiger partial charge in [-0.2, -0.15) is 0 Å². The van der Waals surface area contributed by atoms with Gasteiger partial charge in [0.15, 0.2) is 0 Å². The Morgan fingerprint density at radius 3 is 2.91 bits per heavy atom. The Morgan fingerprint density at radius 2 is 2.17 bits per heavy atom. The molecule has 1 atom stereocenters. The van der Waals surface area contributed by atoms with Gasteiger partial charge in [0, 0.05) is 19.3 Å². The molecule has 3 rings (SSSR count). The van der Waals surface area contributed by atoms with Gasteiger partial charge in [-0.3, -0.25) is 4.90 Å². The number of hydrogen-bond donors (Lipinski definition) is 1. The predicted molar refractivity (Wildman–Crippen MR) is 90.7 cm³/mol.